The van der Waals surface area contributed by atoms with E-state index in [-0.39, 0.29) is 0 Å². The molecule has 102 valence electrons. The molecule has 0 heterocycles. The van der Waals surface area contributed by atoms with Crippen LogP contribution in [0.4, 0.5) is 0 Å². The van der Waals surface area contributed by atoms with Crippen molar-refractivity contribution in [3.63, 3.8) is 0 Å². The standard InChI is InChI=1S/C15H30BrN/c1-12-6-8-14(9-7-12)17(5)11-13(10-16)15(2,3)4/h12-14H,6-11H2,1-5H3. The van der Waals surface area contributed by atoms with E-state index in [1.807, 2.05) is 0 Å². The lowest BCUT2D eigenvalue weighted by atomic mass is 9.80. The quantitative estimate of drug-likeness (QED) is 0.689. The van der Waals surface area contributed by atoms with E-state index in [2.05, 4.69) is 55.6 Å². The SMILES string of the molecule is CC1CCC(N(C)CC(CBr)C(C)(C)C)CC1. The van der Waals surface area contributed by atoms with Crippen LogP contribution in [-0.2, 0) is 0 Å². The molecule has 1 fully saturated rings. The Kier molecular flexibility index (Phi) is 5.98. The summed E-state index contributed by atoms with van der Waals surface area (Å²) in [5.74, 6) is 1.70. The van der Waals surface area contributed by atoms with Crippen LogP contribution < -0.4 is 0 Å². The van der Waals surface area contributed by atoms with Crippen molar-refractivity contribution in [3.05, 3.63) is 0 Å². The third-order valence-electron chi connectivity index (χ3n) is 4.53. The van der Waals surface area contributed by atoms with Crippen molar-refractivity contribution in [2.24, 2.45) is 17.3 Å². The normalized spacial score (nSPS) is 28.4. The van der Waals surface area contributed by atoms with E-state index < -0.39 is 0 Å². The fourth-order valence-corrected chi connectivity index (χ4v) is 3.91. The van der Waals surface area contributed by atoms with Crippen LogP contribution in [0.2, 0.25) is 0 Å². The van der Waals surface area contributed by atoms with Crippen LogP contribution in [0.5, 0.6) is 0 Å². The van der Waals surface area contributed by atoms with Gasteiger partial charge in [0, 0.05) is 17.9 Å². The molecule has 0 radical (unpaired) electrons. The summed E-state index contributed by atoms with van der Waals surface area (Å²) in [6.45, 7) is 10.7. The highest BCUT2D eigenvalue weighted by molar-refractivity contribution is 9.09. The number of halogens is 1. The molecule has 1 unspecified atom stereocenters. The highest BCUT2D eigenvalue weighted by atomic mass is 79.9. The third-order valence-corrected chi connectivity index (χ3v) is 5.31. The molecule has 1 atom stereocenters. The van der Waals surface area contributed by atoms with Gasteiger partial charge in [-0.15, -0.1) is 0 Å². The first-order valence-electron chi connectivity index (χ1n) is 7.10. The maximum Gasteiger partial charge on any atom is 0.00925 e. The molecule has 17 heavy (non-hydrogen) atoms. The summed E-state index contributed by atoms with van der Waals surface area (Å²) in [4.78, 5) is 2.61. The Morgan fingerprint density at radius 1 is 1.18 bits per heavy atom. The first-order valence-corrected chi connectivity index (χ1v) is 8.23. The molecule has 0 amide bonds. The molecule has 0 saturated heterocycles. The lowest BCUT2D eigenvalue weighted by molar-refractivity contribution is 0.119. The molecular formula is C15H30BrN. The molecule has 0 aromatic carbocycles. The van der Waals surface area contributed by atoms with E-state index >= 15 is 0 Å². The molecule has 0 aromatic rings. The van der Waals surface area contributed by atoms with Crippen LogP contribution in [0, 0.1) is 17.3 Å². The molecular weight excluding hydrogens is 274 g/mol. The first kappa shape index (κ1) is 15.5. The van der Waals surface area contributed by atoms with Gasteiger partial charge in [0.1, 0.15) is 0 Å². The Balaban J connectivity index is 2.44. The fraction of sp³-hybridized carbons (Fsp3) is 1.00. The topological polar surface area (TPSA) is 3.24 Å². The molecule has 0 aromatic heterocycles. The van der Waals surface area contributed by atoms with Crippen LogP contribution in [0.1, 0.15) is 53.4 Å². The van der Waals surface area contributed by atoms with Crippen LogP contribution in [-0.4, -0.2) is 29.9 Å². The second-order valence-corrected chi connectivity index (χ2v) is 7.72. The van der Waals surface area contributed by atoms with Gasteiger partial charge in [0.15, 0.2) is 0 Å². The Morgan fingerprint density at radius 2 is 1.71 bits per heavy atom. The van der Waals surface area contributed by atoms with Gasteiger partial charge in [0.05, 0.1) is 0 Å². The van der Waals surface area contributed by atoms with Crippen molar-refractivity contribution >= 4 is 15.9 Å². The zero-order valence-corrected chi connectivity index (χ0v) is 13.9. The summed E-state index contributed by atoms with van der Waals surface area (Å²) in [6.07, 6.45) is 5.64. The highest BCUT2D eigenvalue weighted by Crippen LogP contribution is 2.31. The molecule has 1 nitrogen and oxygen atoms in total. The van der Waals surface area contributed by atoms with Crippen molar-refractivity contribution in [2.75, 3.05) is 18.9 Å². The molecule has 1 aliphatic rings. The van der Waals surface area contributed by atoms with Crippen molar-refractivity contribution in [1.29, 1.82) is 0 Å². The monoisotopic (exact) mass is 303 g/mol. The second-order valence-electron chi connectivity index (χ2n) is 7.07. The van der Waals surface area contributed by atoms with Gasteiger partial charge >= 0.3 is 0 Å². The summed E-state index contributed by atoms with van der Waals surface area (Å²) < 4.78 is 0. The number of hydrogen-bond acceptors (Lipinski definition) is 1. The minimum atomic E-state index is 0.402. The predicted octanol–water partition coefficient (Wildman–Crippen LogP) is 4.55. The van der Waals surface area contributed by atoms with Gasteiger partial charge in [0.2, 0.25) is 0 Å². The predicted molar refractivity (Wildman–Crippen MR) is 80.8 cm³/mol. The molecule has 0 bridgehead atoms. The summed E-state index contributed by atoms with van der Waals surface area (Å²) in [6, 6.07) is 0.829. The maximum atomic E-state index is 3.69. The Hall–Kier alpha value is 0.440. The van der Waals surface area contributed by atoms with Gasteiger partial charge in [-0.3, -0.25) is 0 Å². The van der Waals surface area contributed by atoms with E-state index in [4.69, 9.17) is 0 Å². The third kappa shape index (κ3) is 4.90. The molecule has 0 N–H and O–H groups in total. The average molecular weight is 304 g/mol. The zero-order valence-electron chi connectivity index (χ0n) is 12.3. The van der Waals surface area contributed by atoms with Crippen LogP contribution in [0.15, 0.2) is 0 Å². The van der Waals surface area contributed by atoms with Gasteiger partial charge in [-0.25, -0.2) is 0 Å². The van der Waals surface area contributed by atoms with E-state index in [0.717, 1.165) is 23.2 Å². The lowest BCUT2D eigenvalue weighted by Crippen LogP contribution is -2.41. The van der Waals surface area contributed by atoms with E-state index in [1.165, 1.54) is 32.2 Å². The van der Waals surface area contributed by atoms with Crippen molar-refractivity contribution in [3.8, 4) is 0 Å². The smallest absolute Gasteiger partial charge is 0.00925 e. The molecule has 1 aliphatic carbocycles. The van der Waals surface area contributed by atoms with Crippen LogP contribution in [0.25, 0.3) is 0 Å². The van der Waals surface area contributed by atoms with Gasteiger partial charge in [-0.05, 0) is 50.0 Å². The fourth-order valence-electron chi connectivity index (χ4n) is 2.73. The number of hydrogen-bond donors (Lipinski definition) is 0. The Morgan fingerprint density at radius 3 is 2.12 bits per heavy atom. The van der Waals surface area contributed by atoms with Crippen molar-refractivity contribution < 1.29 is 0 Å². The largest absolute Gasteiger partial charge is 0.303 e. The Labute approximate surface area is 116 Å². The summed E-state index contributed by atoms with van der Waals surface area (Å²) >= 11 is 3.69. The van der Waals surface area contributed by atoms with Crippen molar-refractivity contribution in [2.45, 2.75) is 59.4 Å². The van der Waals surface area contributed by atoms with Crippen LogP contribution in [0.3, 0.4) is 0 Å². The second kappa shape index (κ2) is 6.56. The molecule has 0 spiro atoms. The van der Waals surface area contributed by atoms with Gasteiger partial charge in [-0.2, -0.15) is 0 Å². The zero-order chi connectivity index (χ0) is 13.1. The van der Waals surface area contributed by atoms with Gasteiger partial charge in [-0.1, -0.05) is 43.6 Å². The van der Waals surface area contributed by atoms with Crippen LogP contribution >= 0.6 is 15.9 Å². The minimum absolute atomic E-state index is 0.402. The minimum Gasteiger partial charge on any atom is -0.303 e. The lowest BCUT2D eigenvalue weighted by Gasteiger charge is -2.38. The summed E-state index contributed by atoms with van der Waals surface area (Å²) in [5.41, 5.74) is 0.402. The highest BCUT2D eigenvalue weighted by Gasteiger charge is 2.28. The maximum absolute atomic E-state index is 3.69. The number of alkyl halides is 1. The molecule has 1 saturated carbocycles. The number of nitrogens with zero attached hydrogens (tertiary/aromatic N) is 1. The van der Waals surface area contributed by atoms with Gasteiger partial charge in [0.25, 0.3) is 0 Å². The van der Waals surface area contributed by atoms with E-state index in [0.29, 0.717) is 5.41 Å². The molecule has 1 rings (SSSR count). The molecule has 0 aliphatic heterocycles. The van der Waals surface area contributed by atoms with Gasteiger partial charge < -0.3 is 4.90 Å². The van der Waals surface area contributed by atoms with E-state index in [9.17, 15) is 0 Å². The summed E-state index contributed by atoms with van der Waals surface area (Å²) in [7, 11) is 2.32. The molecule has 2 heteroatoms. The van der Waals surface area contributed by atoms with E-state index in [1.54, 1.807) is 0 Å². The Bertz CT molecular complexity index is 213. The van der Waals surface area contributed by atoms with Crippen molar-refractivity contribution in [1.82, 2.24) is 4.90 Å². The first-order chi connectivity index (χ1) is 7.84. The summed E-state index contributed by atoms with van der Waals surface area (Å²) in [5, 5.41) is 1.12. The average Bonchev–Trinajstić information content (AvgIpc) is 2.24. The number of rotatable bonds is 4.